The van der Waals surface area contributed by atoms with E-state index in [1.54, 1.807) is 30.3 Å². The molecule has 1 N–H and O–H groups in total. The smallest absolute Gasteiger partial charge is 0.311 e. The molecule has 3 rings (SSSR count). The fraction of sp³-hybridized carbons (Fsp3) is 0.357. The molecule has 2 aliphatic rings. The predicted molar refractivity (Wildman–Crippen MR) is 80.4 cm³/mol. The van der Waals surface area contributed by atoms with Gasteiger partial charge < -0.3 is 4.74 Å². The van der Waals surface area contributed by atoms with Crippen molar-refractivity contribution >= 4 is 13.5 Å². The van der Waals surface area contributed by atoms with Crippen LogP contribution in [0.2, 0.25) is 0 Å². The van der Waals surface area contributed by atoms with Crippen LogP contribution in [0.4, 0.5) is 0 Å². The molecular formula is C14H18N3O3P. The zero-order valence-electron chi connectivity index (χ0n) is 11.7. The second-order valence-corrected chi connectivity index (χ2v) is 7.46. The molecule has 1 amide bonds. The predicted octanol–water partition coefficient (Wildman–Crippen LogP) is 1.72. The molecule has 0 saturated carbocycles. The summed E-state index contributed by atoms with van der Waals surface area (Å²) in [6.07, 6.45) is 1.64. The second kappa shape index (κ2) is 5.64. The third kappa shape index (κ3) is 3.18. The first-order valence-electron chi connectivity index (χ1n) is 6.91. The van der Waals surface area contributed by atoms with Gasteiger partial charge in [-0.1, -0.05) is 18.7 Å². The Kier molecular flexibility index (Phi) is 3.85. The summed E-state index contributed by atoms with van der Waals surface area (Å²) in [5.74, 6) is 0.261. The molecule has 2 heterocycles. The molecule has 0 radical (unpaired) electrons. The third-order valence-electron chi connectivity index (χ3n) is 3.33. The van der Waals surface area contributed by atoms with Crippen LogP contribution in [0.25, 0.3) is 0 Å². The van der Waals surface area contributed by atoms with Gasteiger partial charge in [0, 0.05) is 31.7 Å². The van der Waals surface area contributed by atoms with E-state index in [1.807, 2.05) is 9.34 Å². The van der Waals surface area contributed by atoms with E-state index in [9.17, 15) is 9.36 Å². The maximum absolute atomic E-state index is 12.9. The van der Waals surface area contributed by atoms with Crippen LogP contribution >= 0.6 is 7.59 Å². The maximum atomic E-state index is 12.9. The van der Waals surface area contributed by atoms with Crippen LogP contribution in [0, 0.1) is 0 Å². The van der Waals surface area contributed by atoms with Crippen molar-refractivity contribution < 1.29 is 14.1 Å². The summed E-state index contributed by atoms with van der Waals surface area (Å²) >= 11 is 0. The molecule has 0 spiro atoms. The van der Waals surface area contributed by atoms with Crippen LogP contribution in [0.3, 0.4) is 0 Å². The fourth-order valence-electron chi connectivity index (χ4n) is 2.03. The molecule has 1 aromatic carbocycles. The van der Waals surface area contributed by atoms with E-state index in [1.165, 1.54) is 0 Å². The summed E-state index contributed by atoms with van der Waals surface area (Å²) in [5, 5.41) is 2.71. The molecular weight excluding hydrogens is 289 g/mol. The van der Waals surface area contributed by atoms with Gasteiger partial charge in [-0.05, 0) is 18.2 Å². The minimum Gasteiger partial charge on any atom is -0.490 e. The Balaban J connectivity index is 1.72. The summed E-state index contributed by atoms with van der Waals surface area (Å²) in [7, 11) is -2.89. The number of carbonyl (C=O) groups excluding carboxylic acids is 1. The number of hydrogen-bond acceptors (Lipinski definition) is 3. The van der Waals surface area contributed by atoms with E-state index in [2.05, 4.69) is 11.7 Å². The third-order valence-corrected chi connectivity index (χ3v) is 6.15. The molecule has 21 heavy (non-hydrogen) atoms. The first-order chi connectivity index (χ1) is 10.1. The van der Waals surface area contributed by atoms with Crippen molar-refractivity contribution in [3.05, 3.63) is 42.5 Å². The van der Waals surface area contributed by atoms with Gasteiger partial charge in [0.2, 0.25) is 0 Å². The molecule has 0 aromatic heterocycles. The highest BCUT2D eigenvalue weighted by Crippen LogP contribution is 2.56. The van der Waals surface area contributed by atoms with Crippen molar-refractivity contribution in [3.8, 4) is 5.75 Å². The van der Waals surface area contributed by atoms with E-state index < -0.39 is 7.59 Å². The molecule has 2 saturated heterocycles. The van der Waals surface area contributed by atoms with Crippen molar-refractivity contribution in [1.82, 2.24) is 14.4 Å². The van der Waals surface area contributed by atoms with Crippen LogP contribution in [0.5, 0.6) is 5.75 Å². The number of carbonyl (C=O) groups is 1. The van der Waals surface area contributed by atoms with Gasteiger partial charge in [0.25, 0.3) is 5.91 Å². The van der Waals surface area contributed by atoms with Gasteiger partial charge in [-0.3, -0.25) is 14.4 Å². The van der Waals surface area contributed by atoms with Crippen LogP contribution < -0.4 is 9.82 Å². The lowest BCUT2D eigenvalue weighted by Gasteiger charge is -2.20. The molecule has 0 aliphatic carbocycles. The van der Waals surface area contributed by atoms with E-state index in [4.69, 9.17) is 4.74 Å². The molecule has 0 atom stereocenters. The number of ether oxygens (including phenoxy) is 1. The minimum absolute atomic E-state index is 0.332. The average Bonchev–Trinajstić information content (AvgIpc) is 3.36. The van der Waals surface area contributed by atoms with Crippen molar-refractivity contribution in [2.75, 3.05) is 32.8 Å². The summed E-state index contributed by atoms with van der Waals surface area (Å²) in [5.41, 5.74) is 0.445. The highest BCUT2D eigenvalue weighted by atomic mass is 31.2. The molecule has 2 fully saturated rings. The van der Waals surface area contributed by atoms with Gasteiger partial charge in [-0.15, -0.1) is 0 Å². The Morgan fingerprint density at radius 3 is 2.57 bits per heavy atom. The van der Waals surface area contributed by atoms with E-state index in [0.717, 1.165) is 26.2 Å². The number of benzene rings is 1. The van der Waals surface area contributed by atoms with Gasteiger partial charge in [-0.2, -0.15) is 0 Å². The van der Waals surface area contributed by atoms with Gasteiger partial charge in [0.15, 0.2) is 0 Å². The maximum Gasteiger partial charge on any atom is 0.311 e. The Morgan fingerprint density at radius 1 is 1.33 bits per heavy atom. The largest absolute Gasteiger partial charge is 0.490 e. The quantitative estimate of drug-likeness (QED) is 0.472. The van der Waals surface area contributed by atoms with E-state index >= 15 is 0 Å². The zero-order chi connectivity index (χ0) is 14.9. The summed E-state index contributed by atoms with van der Waals surface area (Å²) in [4.78, 5) is 12.3. The highest BCUT2D eigenvalue weighted by molar-refractivity contribution is 7.58. The minimum atomic E-state index is -2.89. The van der Waals surface area contributed by atoms with Gasteiger partial charge >= 0.3 is 7.59 Å². The normalized spacial score (nSPS) is 18.1. The van der Waals surface area contributed by atoms with Crippen molar-refractivity contribution in [3.63, 3.8) is 0 Å². The zero-order valence-corrected chi connectivity index (χ0v) is 12.6. The van der Waals surface area contributed by atoms with Gasteiger partial charge in [-0.25, -0.2) is 9.34 Å². The van der Waals surface area contributed by atoms with Crippen LogP contribution in [-0.4, -0.2) is 48.0 Å². The molecule has 7 heteroatoms. The molecule has 0 unspecified atom stereocenters. The first kappa shape index (κ1) is 14.3. The van der Waals surface area contributed by atoms with Crippen LogP contribution in [0.1, 0.15) is 10.4 Å². The lowest BCUT2D eigenvalue weighted by molar-refractivity contribution is 0.0977. The number of nitrogens with one attached hydrogen (secondary N) is 1. The van der Waals surface area contributed by atoms with Gasteiger partial charge in [0.05, 0.1) is 0 Å². The molecule has 112 valence electrons. The Labute approximate surface area is 123 Å². The Morgan fingerprint density at radius 2 is 2.00 bits per heavy atom. The number of rotatable bonds is 7. The average molecular weight is 307 g/mol. The van der Waals surface area contributed by atoms with E-state index in [-0.39, 0.29) is 5.91 Å². The molecule has 1 aromatic rings. The summed E-state index contributed by atoms with van der Waals surface area (Å²) in [6.45, 7) is 7.06. The van der Waals surface area contributed by atoms with Crippen molar-refractivity contribution in [2.45, 2.75) is 0 Å². The molecule has 2 aliphatic heterocycles. The number of hydrogen-bond donors (Lipinski definition) is 1. The number of nitrogens with zero attached hydrogens (tertiary/aromatic N) is 2. The van der Waals surface area contributed by atoms with Crippen LogP contribution in [0.15, 0.2) is 36.9 Å². The summed E-state index contributed by atoms with van der Waals surface area (Å²) < 4.78 is 21.9. The summed E-state index contributed by atoms with van der Waals surface area (Å²) in [6, 6.07) is 6.85. The monoisotopic (exact) mass is 307 g/mol. The standard InChI is InChI=1S/C14H18N3O3P/c1-2-10-20-13-5-3-4-12(11-13)14(18)15-21(19,16-6-7-16)17-8-9-17/h2-5,11H,1,6-10H2,(H,15,18,19). The van der Waals surface area contributed by atoms with Crippen LogP contribution in [-0.2, 0) is 4.57 Å². The fourth-order valence-corrected chi connectivity index (χ4v) is 4.33. The SMILES string of the molecule is C=CCOc1cccc(C(=O)NP(=O)(N2CC2)N2CC2)c1. The van der Waals surface area contributed by atoms with Crippen molar-refractivity contribution in [1.29, 1.82) is 0 Å². The first-order valence-corrected chi connectivity index (χ1v) is 8.52. The molecule has 0 bridgehead atoms. The second-order valence-electron chi connectivity index (χ2n) is 5.02. The van der Waals surface area contributed by atoms with E-state index in [0.29, 0.717) is 17.9 Å². The Hall–Kier alpha value is -1.62. The lowest BCUT2D eigenvalue weighted by Crippen LogP contribution is -2.27. The highest BCUT2D eigenvalue weighted by Gasteiger charge is 2.49. The van der Waals surface area contributed by atoms with Crippen molar-refractivity contribution in [2.24, 2.45) is 0 Å². The number of amides is 1. The Bertz CT molecular complexity index is 595. The lowest BCUT2D eigenvalue weighted by atomic mass is 10.2. The topological polar surface area (TPSA) is 61.4 Å². The molecule has 6 nitrogen and oxygen atoms in total. The van der Waals surface area contributed by atoms with Gasteiger partial charge in [0.1, 0.15) is 12.4 Å².